The Labute approximate surface area is 193 Å². The maximum atomic E-state index is 12.2. The molecule has 2 aromatic rings. The largest absolute Gasteiger partial charge is 0.493 e. The lowest BCUT2D eigenvalue weighted by atomic mass is 10.1. The molecule has 9 nitrogen and oxygen atoms in total. The van der Waals surface area contributed by atoms with Crippen molar-refractivity contribution < 1.29 is 33.7 Å². The highest BCUT2D eigenvalue weighted by molar-refractivity contribution is 5.87. The van der Waals surface area contributed by atoms with Gasteiger partial charge in [0.15, 0.2) is 17.2 Å². The monoisotopic (exact) mass is 456 g/mol. The summed E-state index contributed by atoms with van der Waals surface area (Å²) < 4.78 is 16.7. The van der Waals surface area contributed by atoms with Crippen LogP contribution in [0.1, 0.15) is 56.0 Å². The lowest BCUT2D eigenvalue weighted by molar-refractivity contribution is -0.816. The molecule has 33 heavy (non-hydrogen) atoms. The number of hydrogen-bond acceptors (Lipinski definition) is 8. The van der Waals surface area contributed by atoms with Crippen LogP contribution in [0.15, 0.2) is 24.3 Å². The van der Waals surface area contributed by atoms with Gasteiger partial charge in [-0.3, -0.25) is 15.0 Å². The van der Waals surface area contributed by atoms with E-state index in [0.29, 0.717) is 39.8 Å². The molecule has 1 N–H and O–H groups in total. The summed E-state index contributed by atoms with van der Waals surface area (Å²) in [6, 6.07) is 4.90. The Morgan fingerprint density at radius 3 is 2.42 bits per heavy atom. The molecule has 9 heteroatoms. The first-order chi connectivity index (χ1) is 15.4. The highest BCUT2D eigenvalue weighted by atomic mass is 16.6. The van der Waals surface area contributed by atoms with Gasteiger partial charge in [0, 0.05) is 33.8 Å². The van der Waals surface area contributed by atoms with Crippen molar-refractivity contribution in [3.8, 4) is 11.5 Å². The standard InChI is InChI=1S/C24H30N3O6/c1-15-19(13-27(30)24(4,5)6)25-16(2)20(26-15)14-32-23(29)11-9-18-8-10-21(33-17(3)28)22(12-18)31-7/h8-13,30H,14H2,1-7H3/q+1/b11-9+. The normalized spacial score (nSPS) is 12.0. The van der Waals surface area contributed by atoms with Crippen molar-refractivity contribution >= 4 is 24.2 Å². The Kier molecular flexibility index (Phi) is 8.28. The molecular formula is C24H30N3O6+. The average Bonchev–Trinajstić information content (AvgIpc) is 2.73. The maximum absolute atomic E-state index is 12.2. The van der Waals surface area contributed by atoms with E-state index in [4.69, 9.17) is 14.2 Å². The van der Waals surface area contributed by atoms with E-state index in [-0.39, 0.29) is 6.61 Å². The van der Waals surface area contributed by atoms with Crippen molar-refractivity contribution in [2.45, 2.75) is 53.7 Å². The number of nitrogens with zero attached hydrogens (tertiary/aromatic N) is 3. The predicted molar refractivity (Wildman–Crippen MR) is 122 cm³/mol. The zero-order valence-corrected chi connectivity index (χ0v) is 20.0. The first-order valence-electron chi connectivity index (χ1n) is 10.3. The minimum absolute atomic E-state index is 0.0417. The third kappa shape index (κ3) is 7.41. The van der Waals surface area contributed by atoms with Gasteiger partial charge in [-0.2, -0.15) is 0 Å². The van der Waals surface area contributed by atoms with Crippen LogP contribution in [0.2, 0.25) is 0 Å². The fraction of sp³-hybridized carbons (Fsp3) is 0.375. The smallest absolute Gasteiger partial charge is 0.331 e. The van der Waals surface area contributed by atoms with Crippen LogP contribution in [0, 0.1) is 13.8 Å². The second-order valence-electron chi connectivity index (χ2n) is 8.32. The molecule has 0 aliphatic carbocycles. The number of ether oxygens (including phenoxy) is 3. The number of carbonyl (C=O) groups is 2. The molecule has 0 fully saturated rings. The number of aromatic nitrogens is 2. The van der Waals surface area contributed by atoms with Gasteiger partial charge in [-0.25, -0.2) is 9.78 Å². The number of carbonyl (C=O) groups excluding carboxylic acids is 2. The SMILES string of the molecule is COc1cc(/C=C/C(=O)OCc2nc(C)c(/C=[N+](\O)C(C)(C)C)nc2C)ccc1OC(C)=O. The van der Waals surface area contributed by atoms with Gasteiger partial charge in [-0.1, -0.05) is 6.07 Å². The first-order valence-corrected chi connectivity index (χ1v) is 10.3. The molecule has 0 atom stereocenters. The number of esters is 2. The summed E-state index contributed by atoms with van der Waals surface area (Å²) in [5.41, 5.74) is 2.44. The zero-order chi connectivity index (χ0) is 24.8. The Bertz CT molecular complexity index is 1100. The quantitative estimate of drug-likeness (QED) is 0.128. The van der Waals surface area contributed by atoms with Crippen LogP contribution in [-0.2, 0) is 20.9 Å². The molecule has 1 heterocycles. The van der Waals surface area contributed by atoms with Crippen molar-refractivity contribution in [3.05, 3.63) is 52.6 Å². The molecule has 176 valence electrons. The molecular weight excluding hydrogens is 426 g/mol. The van der Waals surface area contributed by atoms with E-state index in [9.17, 15) is 14.8 Å². The molecule has 0 aliphatic rings. The molecule has 0 saturated carbocycles. The van der Waals surface area contributed by atoms with Gasteiger partial charge < -0.3 is 14.2 Å². The first kappa shape index (κ1) is 25.5. The fourth-order valence-electron chi connectivity index (χ4n) is 2.61. The molecule has 1 aromatic heterocycles. The van der Waals surface area contributed by atoms with Crippen molar-refractivity contribution in [2.24, 2.45) is 0 Å². The topological polar surface area (TPSA) is 111 Å². The van der Waals surface area contributed by atoms with Crippen LogP contribution in [0.5, 0.6) is 11.5 Å². The van der Waals surface area contributed by atoms with Crippen LogP contribution in [-0.4, -0.2) is 50.7 Å². The highest BCUT2D eigenvalue weighted by Crippen LogP contribution is 2.28. The lowest BCUT2D eigenvalue weighted by Gasteiger charge is -2.11. The Hall–Kier alpha value is -3.75. The number of hydrogen-bond donors (Lipinski definition) is 1. The summed E-state index contributed by atoms with van der Waals surface area (Å²) in [6.07, 6.45) is 4.37. The van der Waals surface area contributed by atoms with Crippen molar-refractivity contribution in [1.82, 2.24) is 9.97 Å². The van der Waals surface area contributed by atoms with Crippen molar-refractivity contribution in [2.75, 3.05) is 7.11 Å². The second-order valence-corrected chi connectivity index (χ2v) is 8.32. The maximum Gasteiger partial charge on any atom is 0.331 e. The van der Waals surface area contributed by atoms with Crippen LogP contribution >= 0.6 is 0 Å². The van der Waals surface area contributed by atoms with E-state index < -0.39 is 17.5 Å². The lowest BCUT2D eigenvalue weighted by Crippen LogP contribution is -2.31. The molecule has 0 unspecified atom stereocenters. The molecule has 0 bridgehead atoms. The zero-order valence-electron chi connectivity index (χ0n) is 20.0. The molecule has 0 radical (unpaired) electrons. The summed E-state index contributed by atoms with van der Waals surface area (Å²) in [5.74, 6) is -0.349. The molecule has 0 aliphatic heterocycles. The molecule has 0 amide bonds. The molecule has 0 spiro atoms. The Morgan fingerprint density at radius 1 is 1.12 bits per heavy atom. The summed E-state index contributed by atoms with van der Waals surface area (Å²) in [6.45, 7) is 10.4. The van der Waals surface area contributed by atoms with Gasteiger partial charge in [-0.05, 0) is 42.4 Å². The van der Waals surface area contributed by atoms with Crippen LogP contribution in [0.3, 0.4) is 0 Å². The van der Waals surface area contributed by atoms with Gasteiger partial charge in [0.25, 0.3) is 0 Å². The summed E-state index contributed by atoms with van der Waals surface area (Å²) in [4.78, 5) is 32.2. The van der Waals surface area contributed by atoms with Crippen molar-refractivity contribution in [3.63, 3.8) is 0 Å². The number of methoxy groups -OCH3 is 1. The molecule has 1 aromatic carbocycles. The molecule has 0 saturated heterocycles. The molecule has 2 rings (SSSR count). The van der Waals surface area contributed by atoms with Gasteiger partial charge >= 0.3 is 11.9 Å². The van der Waals surface area contributed by atoms with Gasteiger partial charge in [0.05, 0.1) is 24.2 Å². The van der Waals surface area contributed by atoms with Gasteiger partial charge in [-0.15, -0.1) is 0 Å². The van der Waals surface area contributed by atoms with Gasteiger partial charge in [0.2, 0.25) is 11.8 Å². The van der Waals surface area contributed by atoms with E-state index >= 15 is 0 Å². The van der Waals surface area contributed by atoms with E-state index in [2.05, 4.69) is 9.97 Å². The van der Waals surface area contributed by atoms with Crippen LogP contribution < -0.4 is 9.47 Å². The number of benzene rings is 1. The van der Waals surface area contributed by atoms with Crippen LogP contribution in [0.4, 0.5) is 0 Å². The Morgan fingerprint density at radius 2 is 1.82 bits per heavy atom. The van der Waals surface area contributed by atoms with Gasteiger partial charge in [0.1, 0.15) is 6.61 Å². The minimum Gasteiger partial charge on any atom is -0.493 e. The fourth-order valence-corrected chi connectivity index (χ4v) is 2.61. The van der Waals surface area contributed by atoms with Crippen LogP contribution in [0.25, 0.3) is 6.08 Å². The number of aryl methyl sites for hydroxylation is 2. The highest BCUT2D eigenvalue weighted by Gasteiger charge is 2.25. The van der Waals surface area contributed by atoms with Crippen molar-refractivity contribution in [1.29, 1.82) is 0 Å². The van der Waals surface area contributed by atoms with E-state index in [1.165, 1.54) is 26.3 Å². The minimum atomic E-state index is -0.554. The summed E-state index contributed by atoms with van der Waals surface area (Å²) in [5, 5.41) is 10.1. The Balaban J connectivity index is 2.07. The number of rotatable bonds is 7. The predicted octanol–water partition coefficient (Wildman–Crippen LogP) is 3.40. The van der Waals surface area contributed by atoms with E-state index in [1.807, 2.05) is 20.8 Å². The second kappa shape index (κ2) is 10.7. The van der Waals surface area contributed by atoms with E-state index in [0.717, 1.165) is 4.74 Å². The summed E-state index contributed by atoms with van der Waals surface area (Å²) >= 11 is 0. The third-order valence-electron chi connectivity index (χ3n) is 4.52. The average molecular weight is 457 g/mol. The number of hydroxylamine groups is 1. The third-order valence-corrected chi connectivity index (χ3v) is 4.52. The van der Waals surface area contributed by atoms with E-state index in [1.54, 1.807) is 38.1 Å². The summed E-state index contributed by atoms with van der Waals surface area (Å²) in [7, 11) is 1.46.